The molecule has 7 heteroatoms. The van der Waals surface area contributed by atoms with Crippen LogP contribution in [0.5, 0.6) is 0 Å². The second-order valence-corrected chi connectivity index (χ2v) is 4.31. The minimum atomic E-state index is -1.09. The highest BCUT2D eigenvalue weighted by Gasteiger charge is 2.11. The Morgan fingerprint density at radius 2 is 1.80 bits per heavy atom. The lowest BCUT2D eigenvalue weighted by Crippen LogP contribution is -2.06. The van der Waals surface area contributed by atoms with E-state index < -0.39 is 5.97 Å². The van der Waals surface area contributed by atoms with Crippen molar-refractivity contribution in [2.75, 3.05) is 11.5 Å². The molecule has 0 atom stereocenters. The van der Waals surface area contributed by atoms with Crippen LogP contribution in [0.1, 0.15) is 10.4 Å². The van der Waals surface area contributed by atoms with E-state index in [-0.39, 0.29) is 11.3 Å². The summed E-state index contributed by atoms with van der Waals surface area (Å²) in [6.45, 7) is 0. The largest absolute Gasteiger partial charge is 0.478 e. The fraction of sp³-hybridized carbons (Fsp3) is 0. The summed E-state index contributed by atoms with van der Waals surface area (Å²) in [7, 11) is 0. The van der Waals surface area contributed by atoms with Crippen molar-refractivity contribution in [1.82, 2.24) is 15.0 Å². The lowest BCUT2D eigenvalue weighted by molar-refractivity contribution is 0.0698. The van der Waals surface area contributed by atoms with Crippen LogP contribution in [0, 0.1) is 0 Å². The van der Waals surface area contributed by atoms with Gasteiger partial charge in [-0.15, -0.1) is 10.2 Å². The zero-order chi connectivity index (χ0) is 14.3. The SMILES string of the molecule is Nc1ccc2nn(-c3ccc(N)c(C(=O)O)c3)nc2c1. The predicted octanol–water partition coefficient (Wildman–Crippen LogP) is 1.28. The Hall–Kier alpha value is -3.09. The zero-order valence-corrected chi connectivity index (χ0v) is 10.3. The van der Waals surface area contributed by atoms with Crippen molar-refractivity contribution in [3.05, 3.63) is 42.0 Å². The van der Waals surface area contributed by atoms with Gasteiger partial charge in [-0.1, -0.05) is 0 Å². The lowest BCUT2D eigenvalue weighted by Gasteiger charge is -2.03. The Balaban J connectivity index is 2.15. The molecule has 7 nitrogen and oxygen atoms in total. The van der Waals surface area contributed by atoms with E-state index in [9.17, 15) is 4.79 Å². The maximum absolute atomic E-state index is 11.1. The molecule has 100 valence electrons. The van der Waals surface area contributed by atoms with Crippen LogP contribution in [-0.4, -0.2) is 26.1 Å². The van der Waals surface area contributed by atoms with Gasteiger partial charge in [-0.2, -0.15) is 4.80 Å². The van der Waals surface area contributed by atoms with Crippen LogP contribution in [-0.2, 0) is 0 Å². The Kier molecular flexibility index (Phi) is 2.53. The molecule has 0 amide bonds. The first-order chi connectivity index (χ1) is 9.54. The van der Waals surface area contributed by atoms with Crippen LogP contribution in [0.2, 0.25) is 0 Å². The number of carboxylic acid groups (broad SMARTS) is 1. The monoisotopic (exact) mass is 269 g/mol. The average molecular weight is 269 g/mol. The van der Waals surface area contributed by atoms with Gasteiger partial charge < -0.3 is 16.6 Å². The van der Waals surface area contributed by atoms with E-state index in [4.69, 9.17) is 16.6 Å². The highest BCUT2D eigenvalue weighted by molar-refractivity contribution is 5.94. The highest BCUT2D eigenvalue weighted by Crippen LogP contribution is 2.19. The number of nitrogen functional groups attached to an aromatic ring is 2. The smallest absolute Gasteiger partial charge is 0.337 e. The first-order valence-corrected chi connectivity index (χ1v) is 5.80. The third-order valence-electron chi connectivity index (χ3n) is 2.90. The standard InChI is InChI=1S/C13H11N5O2/c14-7-1-4-11-12(5-7)17-18(16-11)8-2-3-10(15)9(6-8)13(19)20/h1-6H,14-15H2,(H,19,20). The molecular weight excluding hydrogens is 258 g/mol. The minimum absolute atomic E-state index is 0.0170. The molecule has 1 heterocycles. The van der Waals surface area contributed by atoms with E-state index >= 15 is 0 Å². The van der Waals surface area contributed by atoms with Gasteiger partial charge in [0.2, 0.25) is 0 Å². The summed E-state index contributed by atoms with van der Waals surface area (Å²) in [5, 5.41) is 17.6. The molecule has 0 aliphatic rings. The first kappa shape index (κ1) is 12.0. The fourth-order valence-corrected chi connectivity index (χ4v) is 1.90. The molecular formula is C13H11N5O2. The van der Waals surface area contributed by atoms with Gasteiger partial charge in [-0.05, 0) is 36.4 Å². The Morgan fingerprint density at radius 3 is 2.55 bits per heavy atom. The number of hydrogen-bond acceptors (Lipinski definition) is 5. The molecule has 0 aliphatic carbocycles. The molecule has 3 rings (SSSR count). The predicted molar refractivity (Wildman–Crippen MR) is 74.6 cm³/mol. The maximum Gasteiger partial charge on any atom is 0.337 e. The third kappa shape index (κ3) is 1.91. The van der Waals surface area contributed by atoms with Gasteiger partial charge in [0.25, 0.3) is 0 Å². The molecule has 3 aromatic rings. The molecule has 2 aromatic carbocycles. The van der Waals surface area contributed by atoms with E-state index in [0.29, 0.717) is 22.4 Å². The maximum atomic E-state index is 11.1. The topological polar surface area (TPSA) is 120 Å². The van der Waals surface area contributed by atoms with Crippen LogP contribution in [0.25, 0.3) is 16.7 Å². The lowest BCUT2D eigenvalue weighted by atomic mass is 10.1. The molecule has 0 radical (unpaired) electrons. The normalized spacial score (nSPS) is 10.8. The molecule has 0 bridgehead atoms. The van der Waals surface area contributed by atoms with Crippen molar-refractivity contribution in [2.45, 2.75) is 0 Å². The Bertz CT molecular complexity index is 825. The number of anilines is 2. The highest BCUT2D eigenvalue weighted by atomic mass is 16.4. The van der Waals surface area contributed by atoms with E-state index in [1.54, 1.807) is 24.3 Å². The molecule has 0 saturated heterocycles. The molecule has 0 unspecified atom stereocenters. The van der Waals surface area contributed by atoms with E-state index in [1.165, 1.54) is 16.9 Å². The first-order valence-electron chi connectivity index (χ1n) is 5.80. The van der Waals surface area contributed by atoms with Crippen LogP contribution < -0.4 is 11.5 Å². The number of aromatic nitrogens is 3. The van der Waals surface area contributed by atoms with Crippen molar-refractivity contribution in [3.8, 4) is 5.69 Å². The van der Waals surface area contributed by atoms with Crippen LogP contribution >= 0.6 is 0 Å². The zero-order valence-electron chi connectivity index (χ0n) is 10.3. The van der Waals surface area contributed by atoms with Crippen LogP contribution in [0.4, 0.5) is 11.4 Å². The molecule has 0 fully saturated rings. The van der Waals surface area contributed by atoms with E-state index in [0.717, 1.165) is 0 Å². The number of benzene rings is 2. The number of aromatic carboxylic acids is 1. The van der Waals surface area contributed by atoms with Crippen molar-refractivity contribution >= 4 is 28.4 Å². The molecule has 1 aromatic heterocycles. The molecule has 5 N–H and O–H groups in total. The number of carboxylic acids is 1. The Labute approximate surface area is 113 Å². The number of fused-ring (bicyclic) bond motifs is 1. The van der Waals surface area contributed by atoms with Crippen LogP contribution in [0.15, 0.2) is 36.4 Å². The molecule has 20 heavy (non-hydrogen) atoms. The molecule has 0 saturated carbocycles. The van der Waals surface area contributed by atoms with E-state index in [1.807, 2.05) is 0 Å². The Morgan fingerprint density at radius 1 is 1.05 bits per heavy atom. The van der Waals surface area contributed by atoms with Gasteiger partial charge in [0.15, 0.2) is 0 Å². The van der Waals surface area contributed by atoms with Crippen LogP contribution in [0.3, 0.4) is 0 Å². The van der Waals surface area contributed by atoms with Crippen molar-refractivity contribution in [3.63, 3.8) is 0 Å². The summed E-state index contributed by atoms with van der Waals surface area (Å²) in [4.78, 5) is 12.4. The summed E-state index contributed by atoms with van der Waals surface area (Å²) in [6, 6.07) is 9.79. The third-order valence-corrected chi connectivity index (χ3v) is 2.90. The summed E-state index contributed by atoms with van der Waals surface area (Å²) >= 11 is 0. The van der Waals surface area contributed by atoms with Gasteiger partial charge in [0.05, 0.1) is 11.3 Å². The summed E-state index contributed by atoms with van der Waals surface area (Å²) < 4.78 is 0. The number of rotatable bonds is 2. The second-order valence-electron chi connectivity index (χ2n) is 4.31. The minimum Gasteiger partial charge on any atom is -0.478 e. The number of nitrogens with two attached hydrogens (primary N) is 2. The number of hydrogen-bond donors (Lipinski definition) is 3. The summed E-state index contributed by atoms with van der Waals surface area (Å²) in [6.07, 6.45) is 0. The van der Waals surface area contributed by atoms with Gasteiger partial charge in [0.1, 0.15) is 11.0 Å². The summed E-state index contributed by atoms with van der Waals surface area (Å²) in [5.74, 6) is -1.09. The van der Waals surface area contributed by atoms with Crippen molar-refractivity contribution in [1.29, 1.82) is 0 Å². The van der Waals surface area contributed by atoms with Gasteiger partial charge in [-0.3, -0.25) is 0 Å². The molecule has 0 aliphatic heterocycles. The second kappa shape index (κ2) is 4.23. The number of carbonyl (C=O) groups is 1. The number of nitrogens with zero attached hydrogens (tertiary/aromatic N) is 3. The summed E-state index contributed by atoms with van der Waals surface area (Å²) in [5.41, 5.74) is 13.9. The fourth-order valence-electron chi connectivity index (χ4n) is 1.90. The van der Waals surface area contributed by atoms with Crippen molar-refractivity contribution in [2.24, 2.45) is 0 Å². The van der Waals surface area contributed by atoms with Crippen molar-refractivity contribution < 1.29 is 9.90 Å². The van der Waals surface area contributed by atoms with Gasteiger partial charge >= 0.3 is 5.97 Å². The van der Waals surface area contributed by atoms with Gasteiger partial charge in [-0.25, -0.2) is 4.79 Å². The quantitative estimate of drug-likeness (QED) is 0.603. The average Bonchev–Trinajstić information content (AvgIpc) is 2.81. The van der Waals surface area contributed by atoms with E-state index in [2.05, 4.69) is 10.2 Å². The molecule has 0 spiro atoms. The van der Waals surface area contributed by atoms with Gasteiger partial charge in [0, 0.05) is 11.4 Å².